The number of hydrogen-bond donors (Lipinski definition) is 0. The molecule has 1 nitrogen and oxygen atoms in total. The number of rotatable bonds is 0. The van der Waals surface area contributed by atoms with E-state index in [9.17, 15) is 0 Å². The second kappa shape index (κ2) is 3.80. The molecule has 0 aromatic rings. The molecule has 15 heavy (non-hydrogen) atoms. The molecule has 2 heteroatoms. The standard InChI is InChI=1S/C13H21NS/c1-3-7-12(8-4-1)11-14-13(15-12)9-5-2-6-10-13/h11H,1-10H2. The Hall–Kier alpha value is 0.0200. The molecule has 0 unspecified atom stereocenters. The van der Waals surface area contributed by atoms with Crippen LogP contribution in [0.25, 0.3) is 0 Å². The molecule has 0 atom stereocenters. The molecule has 0 N–H and O–H groups in total. The van der Waals surface area contributed by atoms with Crippen molar-refractivity contribution in [2.24, 2.45) is 4.99 Å². The van der Waals surface area contributed by atoms with E-state index in [2.05, 4.69) is 18.0 Å². The van der Waals surface area contributed by atoms with Crippen LogP contribution in [-0.2, 0) is 0 Å². The normalized spacial score (nSPS) is 32.5. The van der Waals surface area contributed by atoms with Crippen LogP contribution in [0.1, 0.15) is 64.2 Å². The first-order valence-corrected chi connectivity index (χ1v) is 7.41. The molecule has 1 heterocycles. The fraction of sp³-hybridized carbons (Fsp3) is 0.923. The van der Waals surface area contributed by atoms with Gasteiger partial charge in [-0.05, 0) is 25.7 Å². The van der Waals surface area contributed by atoms with Gasteiger partial charge in [0, 0.05) is 6.21 Å². The summed E-state index contributed by atoms with van der Waals surface area (Å²) in [6.07, 6.45) is 16.4. The minimum absolute atomic E-state index is 0.329. The summed E-state index contributed by atoms with van der Waals surface area (Å²) in [6.45, 7) is 0. The Bertz CT molecular complexity index is 234. The Morgan fingerprint density at radius 1 is 0.800 bits per heavy atom. The van der Waals surface area contributed by atoms with Crippen molar-refractivity contribution in [3.05, 3.63) is 0 Å². The van der Waals surface area contributed by atoms with E-state index in [1.165, 1.54) is 64.2 Å². The summed E-state index contributed by atoms with van der Waals surface area (Å²) in [5.41, 5.74) is 0. The number of hydrogen-bond acceptors (Lipinski definition) is 2. The highest BCUT2D eigenvalue weighted by Crippen LogP contribution is 2.55. The van der Waals surface area contributed by atoms with Gasteiger partial charge in [-0.2, -0.15) is 0 Å². The molecule has 0 radical (unpaired) electrons. The Balaban J connectivity index is 1.74. The summed E-state index contributed by atoms with van der Waals surface area (Å²) in [7, 11) is 0. The van der Waals surface area contributed by atoms with Crippen LogP contribution in [0.2, 0.25) is 0 Å². The smallest absolute Gasteiger partial charge is 0.106 e. The van der Waals surface area contributed by atoms with Crippen molar-refractivity contribution < 1.29 is 0 Å². The molecule has 2 spiro atoms. The largest absolute Gasteiger partial charge is 0.279 e. The fourth-order valence-electron chi connectivity index (χ4n) is 3.38. The van der Waals surface area contributed by atoms with Gasteiger partial charge in [0.1, 0.15) is 4.87 Å². The van der Waals surface area contributed by atoms with Gasteiger partial charge < -0.3 is 0 Å². The quantitative estimate of drug-likeness (QED) is 0.600. The minimum atomic E-state index is 0.329. The zero-order valence-corrected chi connectivity index (χ0v) is 10.3. The van der Waals surface area contributed by atoms with Crippen LogP contribution in [0.3, 0.4) is 0 Å². The fourth-order valence-corrected chi connectivity index (χ4v) is 5.34. The van der Waals surface area contributed by atoms with Gasteiger partial charge in [0.05, 0.1) is 4.75 Å². The van der Waals surface area contributed by atoms with Crippen LogP contribution < -0.4 is 0 Å². The van der Waals surface area contributed by atoms with E-state index in [0.29, 0.717) is 9.62 Å². The van der Waals surface area contributed by atoms with Gasteiger partial charge in [0.25, 0.3) is 0 Å². The second-order valence-corrected chi connectivity index (χ2v) is 7.27. The van der Waals surface area contributed by atoms with Gasteiger partial charge in [0.15, 0.2) is 0 Å². The van der Waals surface area contributed by atoms with Gasteiger partial charge >= 0.3 is 0 Å². The van der Waals surface area contributed by atoms with Crippen LogP contribution in [0.15, 0.2) is 4.99 Å². The van der Waals surface area contributed by atoms with Crippen LogP contribution in [0.5, 0.6) is 0 Å². The SMILES string of the molecule is C1=NC2(CCCCC2)SC12CCCCC2. The van der Waals surface area contributed by atoms with E-state index in [4.69, 9.17) is 4.99 Å². The molecule has 84 valence electrons. The molecule has 2 saturated carbocycles. The zero-order chi connectivity index (χ0) is 10.2. The molecule has 0 saturated heterocycles. The minimum Gasteiger partial charge on any atom is -0.279 e. The number of aliphatic imine (C=N–C) groups is 1. The Labute approximate surface area is 97.1 Å². The Morgan fingerprint density at radius 2 is 1.40 bits per heavy atom. The summed E-state index contributed by atoms with van der Waals surface area (Å²) < 4.78 is 0.468. The first-order valence-electron chi connectivity index (χ1n) is 6.59. The highest BCUT2D eigenvalue weighted by Gasteiger charge is 2.46. The van der Waals surface area contributed by atoms with Gasteiger partial charge in [-0.25, -0.2) is 0 Å². The van der Waals surface area contributed by atoms with Crippen molar-refractivity contribution >= 4 is 18.0 Å². The van der Waals surface area contributed by atoms with E-state index in [1.807, 2.05) is 0 Å². The van der Waals surface area contributed by atoms with Gasteiger partial charge in [0.2, 0.25) is 0 Å². The van der Waals surface area contributed by atoms with Crippen LogP contribution in [0.4, 0.5) is 0 Å². The third kappa shape index (κ3) is 1.86. The van der Waals surface area contributed by atoms with E-state index in [0.717, 1.165) is 0 Å². The third-order valence-electron chi connectivity index (χ3n) is 4.26. The van der Waals surface area contributed by atoms with Crippen molar-refractivity contribution in [1.82, 2.24) is 0 Å². The molecular formula is C13H21NS. The highest BCUT2D eigenvalue weighted by molar-refractivity contribution is 8.03. The molecular weight excluding hydrogens is 202 g/mol. The third-order valence-corrected chi connectivity index (χ3v) is 6.08. The predicted octanol–water partition coefficient (Wildman–Crippen LogP) is 4.17. The number of thioether (sulfide) groups is 1. The number of nitrogens with zero attached hydrogens (tertiary/aromatic N) is 1. The summed E-state index contributed by atoms with van der Waals surface area (Å²) in [6, 6.07) is 0. The van der Waals surface area contributed by atoms with Crippen LogP contribution in [0, 0.1) is 0 Å². The lowest BCUT2D eigenvalue weighted by Crippen LogP contribution is -2.31. The van der Waals surface area contributed by atoms with E-state index in [-0.39, 0.29) is 0 Å². The lowest BCUT2D eigenvalue weighted by Gasteiger charge is -2.36. The summed E-state index contributed by atoms with van der Waals surface area (Å²) >= 11 is 2.24. The van der Waals surface area contributed by atoms with Gasteiger partial charge in [-0.3, -0.25) is 4.99 Å². The lowest BCUT2D eigenvalue weighted by molar-refractivity contribution is 0.411. The first kappa shape index (κ1) is 10.2. The topological polar surface area (TPSA) is 12.4 Å². The Morgan fingerprint density at radius 3 is 2.07 bits per heavy atom. The molecule has 0 bridgehead atoms. The molecule has 0 amide bonds. The highest BCUT2D eigenvalue weighted by atomic mass is 32.2. The van der Waals surface area contributed by atoms with E-state index < -0.39 is 0 Å². The van der Waals surface area contributed by atoms with E-state index in [1.54, 1.807) is 0 Å². The van der Waals surface area contributed by atoms with Crippen molar-refractivity contribution in [1.29, 1.82) is 0 Å². The summed E-state index contributed by atoms with van der Waals surface area (Å²) in [5, 5.41) is 0. The van der Waals surface area contributed by atoms with Crippen LogP contribution in [-0.4, -0.2) is 15.8 Å². The molecule has 1 aliphatic heterocycles. The Kier molecular flexibility index (Phi) is 2.58. The van der Waals surface area contributed by atoms with Gasteiger partial charge in [-0.1, -0.05) is 38.5 Å². The van der Waals surface area contributed by atoms with Crippen molar-refractivity contribution in [2.75, 3.05) is 0 Å². The monoisotopic (exact) mass is 223 g/mol. The average Bonchev–Trinajstić information content (AvgIpc) is 2.60. The summed E-state index contributed by atoms with van der Waals surface area (Å²) in [4.78, 5) is 5.27. The molecule has 0 aromatic heterocycles. The lowest BCUT2D eigenvalue weighted by atomic mass is 9.89. The molecule has 2 fully saturated rings. The maximum atomic E-state index is 4.94. The van der Waals surface area contributed by atoms with Crippen LogP contribution >= 0.6 is 11.8 Å². The maximum absolute atomic E-state index is 4.94. The van der Waals surface area contributed by atoms with Gasteiger partial charge in [-0.15, -0.1) is 11.8 Å². The molecule has 3 aliphatic rings. The van der Waals surface area contributed by atoms with E-state index >= 15 is 0 Å². The van der Waals surface area contributed by atoms with Crippen molar-refractivity contribution in [3.63, 3.8) is 0 Å². The first-order chi connectivity index (χ1) is 7.33. The van der Waals surface area contributed by atoms with Crippen molar-refractivity contribution in [3.8, 4) is 0 Å². The average molecular weight is 223 g/mol. The van der Waals surface area contributed by atoms with Crippen molar-refractivity contribution in [2.45, 2.75) is 73.8 Å². The second-order valence-electron chi connectivity index (χ2n) is 5.49. The maximum Gasteiger partial charge on any atom is 0.106 e. The zero-order valence-electron chi connectivity index (χ0n) is 9.50. The summed E-state index contributed by atoms with van der Waals surface area (Å²) in [5.74, 6) is 0. The molecule has 0 aromatic carbocycles. The molecule has 2 aliphatic carbocycles. The molecule has 3 rings (SSSR count). The predicted molar refractivity (Wildman–Crippen MR) is 67.7 cm³/mol.